The average molecular weight is 329 g/mol. The molecule has 0 N–H and O–H groups in total. The summed E-state index contributed by atoms with van der Waals surface area (Å²) in [5.74, 6) is 1.54. The second-order valence-corrected chi connectivity index (χ2v) is 6.96. The molecule has 0 heterocycles. The summed E-state index contributed by atoms with van der Waals surface area (Å²) in [4.78, 5) is 0. The third-order valence-corrected chi connectivity index (χ3v) is 5.25. The van der Waals surface area contributed by atoms with Gasteiger partial charge in [0.15, 0.2) is 0 Å². The molecule has 1 aliphatic carbocycles. The van der Waals surface area contributed by atoms with E-state index in [0.29, 0.717) is 16.0 Å². The molecule has 1 aromatic rings. The second-order valence-electron chi connectivity index (χ2n) is 6.15. The first-order valence-electron chi connectivity index (χ1n) is 8.23. The molecule has 1 saturated carbocycles. The van der Waals surface area contributed by atoms with Crippen LogP contribution in [0.25, 0.3) is 0 Å². The summed E-state index contributed by atoms with van der Waals surface area (Å²) in [6.45, 7) is 3.99. The molecule has 1 fully saturated rings. The molecule has 118 valence electrons. The highest BCUT2D eigenvalue weighted by atomic mass is 35.5. The molecule has 0 unspecified atom stereocenters. The van der Waals surface area contributed by atoms with E-state index in [2.05, 4.69) is 13.0 Å². The zero-order valence-corrected chi connectivity index (χ0v) is 14.4. The molecule has 0 saturated heterocycles. The van der Waals surface area contributed by atoms with Gasteiger partial charge in [0.2, 0.25) is 0 Å². The SMILES string of the molecule is CCCOCCCC1CCC(c2ccc(Cl)c(Cl)c2)CC1. The third kappa shape index (κ3) is 5.47. The predicted octanol–water partition coefficient (Wildman–Crippen LogP) is 6.47. The third-order valence-electron chi connectivity index (χ3n) is 4.51. The van der Waals surface area contributed by atoms with Crippen molar-refractivity contribution in [3.8, 4) is 0 Å². The van der Waals surface area contributed by atoms with Crippen LogP contribution in [0.4, 0.5) is 0 Å². The lowest BCUT2D eigenvalue weighted by Gasteiger charge is -2.29. The van der Waals surface area contributed by atoms with E-state index in [9.17, 15) is 0 Å². The average Bonchev–Trinajstić information content (AvgIpc) is 2.50. The van der Waals surface area contributed by atoms with Gasteiger partial charge in [0.05, 0.1) is 10.0 Å². The maximum absolute atomic E-state index is 6.13. The van der Waals surface area contributed by atoms with Crippen LogP contribution in [-0.4, -0.2) is 13.2 Å². The van der Waals surface area contributed by atoms with Gasteiger partial charge < -0.3 is 4.74 Å². The van der Waals surface area contributed by atoms with Gasteiger partial charge in [-0.05, 0) is 74.5 Å². The quantitative estimate of drug-likeness (QED) is 0.521. The summed E-state index contributed by atoms with van der Waals surface area (Å²) in [6.07, 6.45) is 8.86. The van der Waals surface area contributed by atoms with Gasteiger partial charge in [-0.1, -0.05) is 36.2 Å². The fourth-order valence-corrected chi connectivity index (χ4v) is 3.58. The highest BCUT2D eigenvalue weighted by Gasteiger charge is 2.22. The molecule has 1 nitrogen and oxygen atoms in total. The van der Waals surface area contributed by atoms with Crippen molar-refractivity contribution in [2.45, 2.75) is 57.8 Å². The van der Waals surface area contributed by atoms with Crippen LogP contribution in [0.5, 0.6) is 0 Å². The molecular weight excluding hydrogens is 303 g/mol. The molecule has 0 spiro atoms. The molecule has 1 aliphatic rings. The van der Waals surface area contributed by atoms with E-state index in [1.54, 1.807) is 0 Å². The van der Waals surface area contributed by atoms with E-state index in [1.807, 2.05) is 12.1 Å². The van der Waals surface area contributed by atoms with Crippen molar-refractivity contribution >= 4 is 23.2 Å². The summed E-state index contributed by atoms with van der Waals surface area (Å²) in [5.41, 5.74) is 1.36. The minimum atomic E-state index is 0.654. The predicted molar refractivity (Wildman–Crippen MR) is 91.5 cm³/mol. The Bertz CT molecular complexity index is 425. The van der Waals surface area contributed by atoms with Gasteiger partial charge >= 0.3 is 0 Å². The Morgan fingerprint density at radius 2 is 1.81 bits per heavy atom. The van der Waals surface area contributed by atoms with Crippen LogP contribution in [0, 0.1) is 5.92 Å². The van der Waals surface area contributed by atoms with Crippen molar-refractivity contribution in [2.24, 2.45) is 5.92 Å². The van der Waals surface area contributed by atoms with Gasteiger partial charge in [-0.15, -0.1) is 0 Å². The van der Waals surface area contributed by atoms with E-state index in [0.717, 1.165) is 25.6 Å². The lowest BCUT2D eigenvalue weighted by molar-refractivity contribution is 0.124. The number of halogens is 2. The van der Waals surface area contributed by atoms with Crippen LogP contribution in [0.3, 0.4) is 0 Å². The highest BCUT2D eigenvalue weighted by Crippen LogP contribution is 2.39. The van der Waals surface area contributed by atoms with E-state index < -0.39 is 0 Å². The molecule has 2 rings (SSSR count). The first kappa shape index (κ1) is 17.1. The molecule has 0 atom stereocenters. The highest BCUT2D eigenvalue weighted by molar-refractivity contribution is 6.42. The van der Waals surface area contributed by atoms with Crippen molar-refractivity contribution in [3.63, 3.8) is 0 Å². The smallest absolute Gasteiger partial charge is 0.0595 e. The Morgan fingerprint density at radius 3 is 2.48 bits per heavy atom. The fraction of sp³-hybridized carbons (Fsp3) is 0.667. The molecule has 0 radical (unpaired) electrons. The first-order chi connectivity index (χ1) is 10.2. The van der Waals surface area contributed by atoms with Gasteiger partial charge in [0, 0.05) is 13.2 Å². The van der Waals surface area contributed by atoms with E-state index in [1.165, 1.54) is 44.1 Å². The van der Waals surface area contributed by atoms with Gasteiger partial charge in [-0.3, -0.25) is 0 Å². The Balaban J connectivity index is 1.71. The summed E-state index contributed by atoms with van der Waals surface area (Å²) in [7, 11) is 0. The summed E-state index contributed by atoms with van der Waals surface area (Å²) in [6, 6.07) is 6.11. The van der Waals surface area contributed by atoms with Crippen LogP contribution in [0.15, 0.2) is 18.2 Å². The van der Waals surface area contributed by atoms with Gasteiger partial charge in [-0.25, -0.2) is 0 Å². The lowest BCUT2D eigenvalue weighted by Crippen LogP contribution is -2.14. The molecule has 0 amide bonds. The Hall–Kier alpha value is -0.240. The fourth-order valence-electron chi connectivity index (χ4n) is 3.27. The number of benzene rings is 1. The number of hydrogen-bond acceptors (Lipinski definition) is 1. The van der Waals surface area contributed by atoms with Gasteiger partial charge in [0.1, 0.15) is 0 Å². The monoisotopic (exact) mass is 328 g/mol. The van der Waals surface area contributed by atoms with Crippen LogP contribution in [0.2, 0.25) is 10.0 Å². The zero-order valence-electron chi connectivity index (χ0n) is 12.9. The molecule has 0 aromatic heterocycles. The van der Waals surface area contributed by atoms with Crippen LogP contribution in [-0.2, 0) is 4.74 Å². The van der Waals surface area contributed by atoms with Crippen LogP contribution >= 0.6 is 23.2 Å². The lowest BCUT2D eigenvalue weighted by atomic mass is 9.77. The number of rotatable bonds is 7. The molecule has 1 aromatic carbocycles. The maximum Gasteiger partial charge on any atom is 0.0595 e. The van der Waals surface area contributed by atoms with Crippen molar-refractivity contribution in [1.82, 2.24) is 0 Å². The van der Waals surface area contributed by atoms with Gasteiger partial charge in [0.25, 0.3) is 0 Å². The van der Waals surface area contributed by atoms with Crippen LogP contribution < -0.4 is 0 Å². The van der Waals surface area contributed by atoms with E-state index in [4.69, 9.17) is 27.9 Å². The Morgan fingerprint density at radius 1 is 1.05 bits per heavy atom. The van der Waals surface area contributed by atoms with Crippen molar-refractivity contribution < 1.29 is 4.74 Å². The normalized spacial score (nSPS) is 22.4. The van der Waals surface area contributed by atoms with Gasteiger partial charge in [-0.2, -0.15) is 0 Å². The molecule has 3 heteroatoms. The Labute approximate surface area is 139 Å². The maximum atomic E-state index is 6.13. The minimum absolute atomic E-state index is 0.654. The Kier molecular flexibility index (Phi) is 7.36. The minimum Gasteiger partial charge on any atom is -0.381 e. The number of hydrogen-bond donors (Lipinski definition) is 0. The largest absolute Gasteiger partial charge is 0.381 e. The second kappa shape index (κ2) is 9.02. The number of ether oxygens (including phenoxy) is 1. The topological polar surface area (TPSA) is 9.23 Å². The molecule has 21 heavy (non-hydrogen) atoms. The molecule has 0 aliphatic heterocycles. The summed E-state index contributed by atoms with van der Waals surface area (Å²) >= 11 is 12.1. The van der Waals surface area contributed by atoms with Crippen molar-refractivity contribution in [1.29, 1.82) is 0 Å². The van der Waals surface area contributed by atoms with E-state index in [-0.39, 0.29) is 0 Å². The zero-order chi connectivity index (χ0) is 15.1. The molecule has 0 bridgehead atoms. The van der Waals surface area contributed by atoms with E-state index >= 15 is 0 Å². The first-order valence-corrected chi connectivity index (χ1v) is 8.99. The van der Waals surface area contributed by atoms with Crippen molar-refractivity contribution in [2.75, 3.05) is 13.2 Å². The standard InChI is InChI=1S/C18H26Cl2O/c1-2-11-21-12-3-4-14-5-7-15(8-6-14)16-9-10-17(19)18(20)13-16/h9-10,13-15H,2-8,11-12H2,1H3. The summed E-state index contributed by atoms with van der Waals surface area (Å²) in [5, 5.41) is 1.34. The summed E-state index contributed by atoms with van der Waals surface area (Å²) < 4.78 is 5.56. The van der Waals surface area contributed by atoms with Crippen molar-refractivity contribution in [3.05, 3.63) is 33.8 Å². The molecular formula is C18H26Cl2O. The van der Waals surface area contributed by atoms with Crippen LogP contribution in [0.1, 0.15) is 63.4 Å².